The van der Waals surface area contributed by atoms with Crippen molar-refractivity contribution in [2.24, 2.45) is 0 Å². The highest BCUT2D eigenvalue weighted by molar-refractivity contribution is 5.01. The van der Waals surface area contributed by atoms with Gasteiger partial charge >= 0.3 is 0 Å². The summed E-state index contributed by atoms with van der Waals surface area (Å²) in [7, 11) is 0. The van der Waals surface area contributed by atoms with Crippen molar-refractivity contribution in [3.05, 3.63) is 23.8 Å². The van der Waals surface area contributed by atoms with Crippen LogP contribution in [0.5, 0.6) is 0 Å². The summed E-state index contributed by atoms with van der Waals surface area (Å²) < 4.78 is 0. The summed E-state index contributed by atoms with van der Waals surface area (Å²) in [5.74, 6) is 0. The highest BCUT2D eigenvalue weighted by atomic mass is 15.2. The van der Waals surface area contributed by atoms with Crippen molar-refractivity contribution in [3.8, 4) is 0 Å². The van der Waals surface area contributed by atoms with Gasteiger partial charge in [-0.2, -0.15) is 0 Å². The Labute approximate surface area is 103 Å². The minimum atomic E-state index is 0.246. The number of nitrogens with zero attached hydrogens (tertiary/aromatic N) is 3. The number of rotatable bonds is 3. The van der Waals surface area contributed by atoms with E-state index in [2.05, 4.69) is 34.0 Å². The molecular weight excluding hydrogens is 212 g/mol. The third-order valence-corrected chi connectivity index (χ3v) is 3.55. The summed E-state index contributed by atoms with van der Waals surface area (Å²) in [4.78, 5) is 11.2. The monoisotopic (exact) mass is 234 g/mol. The predicted molar refractivity (Wildman–Crippen MR) is 68.7 cm³/mol. The number of hydrogen-bond acceptors (Lipinski definition) is 4. The summed E-state index contributed by atoms with van der Waals surface area (Å²) in [5, 5.41) is 3.59. The molecule has 1 unspecified atom stereocenters. The molecule has 0 amide bonds. The van der Waals surface area contributed by atoms with Crippen LogP contribution in [-0.4, -0.2) is 40.0 Å². The molecule has 4 nitrogen and oxygen atoms in total. The molecule has 1 fully saturated rings. The maximum atomic E-state index is 4.42. The van der Waals surface area contributed by atoms with Crippen LogP contribution in [0.2, 0.25) is 0 Å². The van der Waals surface area contributed by atoms with Crippen LogP contribution >= 0.6 is 0 Å². The fraction of sp³-hybridized carbons (Fsp3) is 0.692. The molecule has 17 heavy (non-hydrogen) atoms. The average molecular weight is 234 g/mol. The molecule has 1 N–H and O–H groups in total. The third-order valence-electron chi connectivity index (χ3n) is 3.55. The second-order valence-corrected chi connectivity index (χ2v) is 5.20. The normalized spacial score (nSPS) is 26.1. The van der Waals surface area contributed by atoms with Crippen LogP contribution in [0.1, 0.15) is 31.7 Å². The molecule has 1 atom stereocenters. The molecular formula is C13H22N4. The zero-order valence-corrected chi connectivity index (χ0v) is 11.0. The van der Waals surface area contributed by atoms with Crippen LogP contribution in [0.4, 0.5) is 0 Å². The van der Waals surface area contributed by atoms with Gasteiger partial charge in [0.1, 0.15) is 0 Å². The Morgan fingerprint density at radius 1 is 1.41 bits per heavy atom. The van der Waals surface area contributed by atoms with E-state index in [4.69, 9.17) is 0 Å². The lowest BCUT2D eigenvalue weighted by atomic mass is 9.96. The fourth-order valence-corrected chi connectivity index (χ4v) is 2.25. The lowest BCUT2D eigenvalue weighted by Gasteiger charge is -2.40. The first-order valence-electron chi connectivity index (χ1n) is 6.36. The number of nitrogens with one attached hydrogen (secondary N) is 1. The highest BCUT2D eigenvalue weighted by Gasteiger charge is 2.28. The van der Waals surface area contributed by atoms with Crippen LogP contribution in [0.15, 0.2) is 12.4 Å². The standard InChI is InChI=1S/C13H22N4/c1-4-13(3)10-17(6-5-16-13)9-12-8-14-11(2)7-15-12/h7-8,16H,4-6,9-10H2,1-3H3. The van der Waals surface area contributed by atoms with Crippen LogP contribution in [0.3, 0.4) is 0 Å². The maximum absolute atomic E-state index is 4.42. The summed E-state index contributed by atoms with van der Waals surface area (Å²) in [6, 6.07) is 0. The molecule has 0 bridgehead atoms. The van der Waals surface area contributed by atoms with E-state index in [-0.39, 0.29) is 5.54 Å². The van der Waals surface area contributed by atoms with Gasteiger partial charge in [0.15, 0.2) is 0 Å². The fourth-order valence-electron chi connectivity index (χ4n) is 2.25. The zero-order chi connectivity index (χ0) is 12.3. The van der Waals surface area contributed by atoms with Gasteiger partial charge in [-0.3, -0.25) is 14.9 Å². The predicted octanol–water partition coefficient (Wildman–Crippen LogP) is 1.36. The Bertz CT molecular complexity index is 362. The lowest BCUT2D eigenvalue weighted by Crippen LogP contribution is -2.58. The number of hydrogen-bond donors (Lipinski definition) is 1. The Morgan fingerprint density at radius 3 is 2.88 bits per heavy atom. The first-order chi connectivity index (χ1) is 8.11. The summed E-state index contributed by atoms with van der Waals surface area (Å²) in [5.41, 5.74) is 2.29. The van der Waals surface area contributed by atoms with Crippen LogP contribution < -0.4 is 5.32 Å². The van der Waals surface area contributed by atoms with Crippen molar-refractivity contribution in [3.63, 3.8) is 0 Å². The van der Waals surface area contributed by atoms with Gasteiger partial charge in [-0.1, -0.05) is 6.92 Å². The SMILES string of the molecule is CCC1(C)CN(Cc2cnc(C)cn2)CCN1. The quantitative estimate of drug-likeness (QED) is 0.857. The topological polar surface area (TPSA) is 41.1 Å². The molecule has 0 saturated carbocycles. The van der Waals surface area contributed by atoms with E-state index in [1.807, 2.05) is 19.3 Å². The van der Waals surface area contributed by atoms with Crippen molar-refractivity contribution >= 4 is 0 Å². The molecule has 1 aliphatic rings. The summed E-state index contributed by atoms with van der Waals surface area (Å²) in [6.45, 7) is 10.6. The number of aryl methyl sites for hydroxylation is 1. The van der Waals surface area contributed by atoms with Gasteiger partial charge in [0.05, 0.1) is 11.4 Å². The smallest absolute Gasteiger partial charge is 0.0727 e. The molecule has 2 heterocycles. The van der Waals surface area contributed by atoms with E-state index in [1.54, 1.807) is 0 Å². The molecule has 2 rings (SSSR count). The molecule has 0 spiro atoms. The minimum absolute atomic E-state index is 0.246. The molecule has 1 aromatic heterocycles. The summed E-state index contributed by atoms with van der Waals surface area (Å²) in [6.07, 6.45) is 4.89. The first-order valence-corrected chi connectivity index (χ1v) is 6.36. The lowest BCUT2D eigenvalue weighted by molar-refractivity contribution is 0.132. The van der Waals surface area contributed by atoms with Crippen molar-refractivity contribution in [1.29, 1.82) is 0 Å². The number of piperazine rings is 1. The minimum Gasteiger partial charge on any atom is -0.309 e. The van der Waals surface area contributed by atoms with Crippen LogP contribution in [-0.2, 0) is 6.54 Å². The molecule has 0 aromatic carbocycles. The Balaban J connectivity index is 1.97. The van der Waals surface area contributed by atoms with Gasteiger partial charge in [0.2, 0.25) is 0 Å². The van der Waals surface area contributed by atoms with Crippen LogP contribution in [0, 0.1) is 6.92 Å². The molecule has 94 valence electrons. The molecule has 0 aliphatic carbocycles. The molecule has 1 aliphatic heterocycles. The van der Waals surface area contributed by atoms with Gasteiger partial charge in [-0.25, -0.2) is 0 Å². The third kappa shape index (κ3) is 3.23. The van der Waals surface area contributed by atoms with E-state index in [9.17, 15) is 0 Å². The van der Waals surface area contributed by atoms with E-state index in [0.29, 0.717) is 0 Å². The van der Waals surface area contributed by atoms with Gasteiger partial charge in [-0.15, -0.1) is 0 Å². The van der Waals surface area contributed by atoms with Gasteiger partial charge in [-0.05, 0) is 20.3 Å². The van der Waals surface area contributed by atoms with Crippen molar-refractivity contribution in [2.75, 3.05) is 19.6 Å². The van der Waals surface area contributed by atoms with E-state index >= 15 is 0 Å². The second-order valence-electron chi connectivity index (χ2n) is 5.20. The summed E-state index contributed by atoms with van der Waals surface area (Å²) >= 11 is 0. The van der Waals surface area contributed by atoms with E-state index < -0.39 is 0 Å². The average Bonchev–Trinajstić information content (AvgIpc) is 2.32. The highest BCUT2D eigenvalue weighted by Crippen LogP contribution is 2.16. The maximum Gasteiger partial charge on any atom is 0.0727 e. The van der Waals surface area contributed by atoms with Gasteiger partial charge < -0.3 is 5.32 Å². The first kappa shape index (κ1) is 12.5. The Kier molecular flexibility index (Phi) is 3.74. The number of aromatic nitrogens is 2. The molecule has 4 heteroatoms. The van der Waals surface area contributed by atoms with Crippen LogP contribution in [0.25, 0.3) is 0 Å². The molecule has 0 radical (unpaired) electrons. The van der Waals surface area contributed by atoms with E-state index in [1.165, 1.54) is 0 Å². The largest absolute Gasteiger partial charge is 0.309 e. The molecule has 1 aromatic rings. The van der Waals surface area contributed by atoms with Crippen molar-refractivity contribution in [2.45, 2.75) is 39.3 Å². The van der Waals surface area contributed by atoms with Crippen molar-refractivity contribution in [1.82, 2.24) is 20.2 Å². The Morgan fingerprint density at radius 2 is 2.24 bits per heavy atom. The van der Waals surface area contributed by atoms with E-state index in [0.717, 1.165) is 44.0 Å². The van der Waals surface area contributed by atoms with Gasteiger partial charge in [0.25, 0.3) is 0 Å². The second kappa shape index (κ2) is 5.10. The Hall–Kier alpha value is -1.00. The zero-order valence-electron chi connectivity index (χ0n) is 11.0. The molecule has 1 saturated heterocycles. The van der Waals surface area contributed by atoms with Gasteiger partial charge in [0, 0.05) is 44.1 Å². The van der Waals surface area contributed by atoms with Crippen molar-refractivity contribution < 1.29 is 0 Å².